The summed E-state index contributed by atoms with van der Waals surface area (Å²) in [6, 6.07) is -0.317. The van der Waals surface area contributed by atoms with E-state index < -0.39 is 11.6 Å². The monoisotopic (exact) mass is 296 g/mol. The number of nitrogens with one attached hydrogen (secondary N) is 1. The molecule has 0 aromatic rings. The summed E-state index contributed by atoms with van der Waals surface area (Å²) in [6.45, 7) is 10.5. The van der Waals surface area contributed by atoms with Gasteiger partial charge in [0.05, 0.1) is 5.60 Å². The van der Waals surface area contributed by atoms with Crippen molar-refractivity contribution >= 4 is 11.8 Å². The molecule has 2 atom stereocenters. The lowest BCUT2D eigenvalue weighted by Gasteiger charge is -2.50. The van der Waals surface area contributed by atoms with Crippen molar-refractivity contribution in [2.75, 3.05) is 6.61 Å². The first-order valence-corrected chi connectivity index (χ1v) is 8.05. The van der Waals surface area contributed by atoms with Gasteiger partial charge in [-0.25, -0.2) is 0 Å². The third-order valence-electron chi connectivity index (χ3n) is 5.07. The van der Waals surface area contributed by atoms with E-state index in [-0.39, 0.29) is 23.5 Å². The Kier molecular flexibility index (Phi) is 4.34. The Morgan fingerprint density at radius 3 is 2.43 bits per heavy atom. The van der Waals surface area contributed by atoms with Crippen LogP contribution in [-0.4, -0.2) is 46.5 Å². The Bertz CT molecular complexity index is 429. The lowest BCUT2D eigenvalue weighted by Crippen LogP contribution is -2.71. The molecule has 0 saturated carbocycles. The predicted octanol–water partition coefficient (Wildman–Crippen LogP) is 1.85. The highest BCUT2D eigenvalue weighted by Crippen LogP contribution is 2.33. The number of carbonyl (C=O) groups excluding carboxylic acids is 2. The number of hydrogen-bond acceptors (Lipinski definition) is 3. The van der Waals surface area contributed by atoms with Gasteiger partial charge < -0.3 is 15.0 Å². The van der Waals surface area contributed by atoms with Crippen molar-refractivity contribution < 1.29 is 14.3 Å². The Morgan fingerprint density at radius 1 is 1.29 bits per heavy atom. The molecule has 5 heteroatoms. The number of hydrogen-bond donors (Lipinski definition) is 1. The molecule has 0 radical (unpaired) electrons. The zero-order chi connectivity index (χ0) is 15.8. The van der Waals surface area contributed by atoms with E-state index in [4.69, 9.17) is 4.74 Å². The molecule has 0 spiro atoms. The van der Waals surface area contributed by atoms with Gasteiger partial charge in [-0.3, -0.25) is 9.59 Å². The maximum absolute atomic E-state index is 13.0. The second-order valence-corrected chi connectivity index (χ2v) is 6.92. The summed E-state index contributed by atoms with van der Waals surface area (Å²) < 4.78 is 5.75. The van der Waals surface area contributed by atoms with E-state index in [1.807, 2.05) is 39.5 Å². The molecule has 21 heavy (non-hydrogen) atoms. The smallest absolute Gasteiger partial charge is 0.249 e. The van der Waals surface area contributed by atoms with E-state index in [1.165, 1.54) is 0 Å². The number of nitrogens with zero attached hydrogens (tertiary/aromatic N) is 1. The number of rotatable bonds is 3. The molecule has 0 aromatic carbocycles. The molecule has 2 amide bonds. The van der Waals surface area contributed by atoms with E-state index in [0.717, 1.165) is 12.8 Å². The van der Waals surface area contributed by atoms with Crippen LogP contribution in [0.1, 0.15) is 60.3 Å². The molecule has 2 rings (SSSR count). The van der Waals surface area contributed by atoms with Crippen LogP contribution >= 0.6 is 0 Å². The Balaban J connectivity index is 2.31. The van der Waals surface area contributed by atoms with Crippen LogP contribution in [0.15, 0.2) is 0 Å². The minimum absolute atomic E-state index is 0.0393. The topological polar surface area (TPSA) is 58.6 Å². The van der Waals surface area contributed by atoms with Gasteiger partial charge >= 0.3 is 0 Å². The molecule has 0 aliphatic carbocycles. The van der Waals surface area contributed by atoms with Crippen LogP contribution in [0.3, 0.4) is 0 Å². The van der Waals surface area contributed by atoms with Crippen LogP contribution in [0, 0.1) is 0 Å². The van der Waals surface area contributed by atoms with Gasteiger partial charge in [-0.1, -0.05) is 13.8 Å². The van der Waals surface area contributed by atoms with E-state index in [9.17, 15) is 9.59 Å². The van der Waals surface area contributed by atoms with E-state index in [2.05, 4.69) is 5.32 Å². The van der Waals surface area contributed by atoms with Crippen LogP contribution in [0.4, 0.5) is 0 Å². The van der Waals surface area contributed by atoms with E-state index in [1.54, 1.807) is 0 Å². The summed E-state index contributed by atoms with van der Waals surface area (Å²) in [5, 5.41) is 2.96. The average Bonchev–Trinajstić information content (AvgIpc) is 2.42. The molecule has 2 saturated heterocycles. The largest absolute Gasteiger partial charge is 0.375 e. The number of ether oxygens (including phenoxy) is 1. The van der Waals surface area contributed by atoms with Crippen molar-refractivity contribution in [2.24, 2.45) is 0 Å². The van der Waals surface area contributed by atoms with E-state index >= 15 is 0 Å². The molecule has 2 aliphatic rings. The minimum atomic E-state index is -0.730. The molecule has 2 fully saturated rings. The zero-order valence-corrected chi connectivity index (χ0v) is 13.9. The van der Waals surface area contributed by atoms with Crippen LogP contribution < -0.4 is 5.32 Å². The third-order valence-corrected chi connectivity index (χ3v) is 5.07. The summed E-state index contributed by atoms with van der Waals surface area (Å²) >= 11 is 0. The number of amides is 2. The first kappa shape index (κ1) is 16.3. The normalized spacial score (nSPS) is 32.0. The number of carbonyl (C=O) groups is 2. The summed E-state index contributed by atoms with van der Waals surface area (Å²) in [5.41, 5.74) is -0.968. The molecular weight excluding hydrogens is 268 g/mol. The Morgan fingerprint density at radius 2 is 1.90 bits per heavy atom. The maximum Gasteiger partial charge on any atom is 0.249 e. The summed E-state index contributed by atoms with van der Waals surface area (Å²) in [4.78, 5) is 27.2. The molecule has 2 aliphatic heterocycles. The van der Waals surface area contributed by atoms with Crippen molar-refractivity contribution in [1.82, 2.24) is 10.2 Å². The quantitative estimate of drug-likeness (QED) is 0.864. The average molecular weight is 296 g/mol. The van der Waals surface area contributed by atoms with Crippen molar-refractivity contribution in [3.63, 3.8) is 0 Å². The van der Waals surface area contributed by atoms with Gasteiger partial charge in [0.25, 0.3) is 0 Å². The molecule has 2 unspecified atom stereocenters. The standard InChI is InChI=1S/C16H28N2O3/c1-6-16(7-2)14(20)18(11(3)13(19)17-16)12-8-9-21-15(4,5)10-12/h11-12H,6-10H2,1-5H3,(H,17,19). The molecule has 120 valence electrons. The van der Waals surface area contributed by atoms with Gasteiger partial charge in [0.2, 0.25) is 11.8 Å². The van der Waals surface area contributed by atoms with Gasteiger partial charge in [-0.2, -0.15) is 0 Å². The second kappa shape index (κ2) is 5.59. The third kappa shape index (κ3) is 2.80. The highest BCUT2D eigenvalue weighted by Gasteiger charge is 2.50. The molecule has 0 aromatic heterocycles. The summed E-state index contributed by atoms with van der Waals surface area (Å²) in [7, 11) is 0. The van der Waals surface area contributed by atoms with Crippen molar-refractivity contribution in [3.8, 4) is 0 Å². The van der Waals surface area contributed by atoms with Crippen molar-refractivity contribution in [2.45, 2.75) is 83.5 Å². The van der Waals surface area contributed by atoms with Gasteiger partial charge in [-0.15, -0.1) is 0 Å². The Labute approximate surface area is 127 Å². The lowest BCUT2D eigenvalue weighted by atomic mass is 9.84. The van der Waals surface area contributed by atoms with Crippen LogP contribution in [0.5, 0.6) is 0 Å². The molecule has 1 N–H and O–H groups in total. The Hall–Kier alpha value is -1.10. The van der Waals surface area contributed by atoms with Gasteiger partial charge in [0.1, 0.15) is 11.6 Å². The highest BCUT2D eigenvalue weighted by atomic mass is 16.5. The molecule has 0 bridgehead atoms. The highest BCUT2D eigenvalue weighted by molar-refractivity contribution is 5.99. The predicted molar refractivity (Wildman–Crippen MR) is 80.8 cm³/mol. The van der Waals surface area contributed by atoms with Gasteiger partial charge in [0, 0.05) is 12.6 Å². The van der Waals surface area contributed by atoms with E-state index in [0.29, 0.717) is 19.4 Å². The fourth-order valence-electron chi connectivity index (χ4n) is 3.59. The second-order valence-electron chi connectivity index (χ2n) is 6.92. The summed E-state index contributed by atoms with van der Waals surface area (Å²) in [6.07, 6.45) is 2.84. The van der Waals surface area contributed by atoms with Crippen LogP contribution in [0.25, 0.3) is 0 Å². The molecule has 2 heterocycles. The fraction of sp³-hybridized carbons (Fsp3) is 0.875. The van der Waals surface area contributed by atoms with Crippen molar-refractivity contribution in [1.29, 1.82) is 0 Å². The van der Waals surface area contributed by atoms with Crippen LogP contribution in [0.2, 0.25) is 0 Å². The molecule has 5 nitrogen and oxygen atoms in total. The summed E-state index contributed by atoms with van der Waals surface area (Å²) in [5.74, 6) is 0.0323. The van der Waals surface area contributed by atoms with Gasteiger partial charge in [-0.05, 0) is 46.5 Å². The zero-order valence-electron chi connectivity index (χ0n) is 13.9. The SMILES string of the molecule is CCC1(CC)NC(=O)C(C)N(C2CCOC(C)(C)C2)C1=O. The van der Waals surface area contributed by atoms with Crippen molar-refractivity contribution in [3.05, 3.63) is 0 Å². The molecular formula is C16H28N2O3. The lowest BCUT2D eigenvalue weighted by molar-refractivity contribution is -0.164. The minimum Gasteiger partial charge on any atom is -0.375 e. The maximum atomic E-state index is 13.0. The first-order valence-electron chi connectivity index (χ1n) is 8.05. The van der Waals surface area contributed by atoms with Crippen LogP contribution in [-0.2, 0) is 14.3 Å². The van der Waals surface area contributed by atoms with Gasteiger partial charge in [0.15, 0.2) is 0 Å². The number of piperazine rings is 1. The first-order chi connectivity index (χ1) is 9.76. The fourth-order valence-corrected chi connectivity index (χ4v) is 3.59.